The first-order valence-electron chi connectivity index (χ1n) is 4.77. The second kappa shape index (κ2) is 4.75. The van der Waals surface area contributed by atoms with Crippen LogP contribution in [0.4, 0.5) is 13.2 Å². The number of rotatable bonds is 4. The van der Waals surface area contributed by atoms with Gasteiger partial charge < -0.3 is 14.6 Å². The number of carbonyl (C=O) groups is 1. The minimum absolute atomic E-state index is 0.0792. The van der Waals surface area contributed by atoms with Crippen molar-refractivity contribution in [2.75, 3.05) is 0 Å². The van der Waals surface area contributed by atoms with E-state index in [0.717, 1.165) is 6.07 Å². The topological polar surface area (TPSA) is 46.5 Å². The van der Waals surface area contributed by atoms with E-state index in [-0.39, 0.29) is 12.0 Å². The summed E-state index contributed by atoms with van der Waals surface area (Å²) >= 11 is 0. The Hall–Kier alpha value is -1.56. The Morgan fingerprint density at radius 3 is 2.47 bits per heavy atom. The van der Waals surface area contributed by atoms with Crippen molar-refractivity contribution in [3.05, 3.63) is 29.8 Å². The number of aliphatic hydroxyl groups is 1. The van der Waals surface area contributed by atoms with Gasteiger partial charge in [0, 0.05) is 12.0 Å². The maximum absolute atomic E-state index is 12.1. The average molecular weight is 248 g/mol. The van der Waals surface area contributed by atoms with Gasteiger partial charge in [-0.15, -0.1) is 13.2 Å². The minimum atomic E-state index is -4.84. The van der Waals surface area contributed by atoms with E-state index in [1.54, 1.807) is 0 Å². The highest BCUT2D eigenvalue weighted by Crippen LogP contribution is 2.34. The van der Waals surface area contributed by atoms with Crippen molar-refractivity contribution in [2.45, 2.75) is 25.3 Å². The quantitative estimate of drug-likeness (QED) is 0.832. The third kappa shape index (κ3) is 3.74. The zero-order valence-corrected chi connectivity index (χ0v) is 8.99. The van der Waals surface area contributed by atoms with Crippen LogP contribution in [0.15, 0.2) is 24.3 Å². The number of halogens is 3. The van der Waals surface area contributed by atoms with Crippen LogP contribution in [0.3, 0.4) is 0 Å². The molecule has 6 heteroatoms. The molecular weight excluding hydrogens is 237 g/mol. The first kappa shape index (κ1) is 13.5. The van der Waals surface area contributed by atoms with E-state index < -0.39 is 17.7 Å². The number of carbonyl (C=O) groups excluding carboxylic acids is 1. The van der Waals surface area contributed by atoms with Crippen molar-refractivity contribution >= 4 is 6.29 Å². The molecule has 1 rings (SSSR count). The maximum atomic E-state index is 12.1. The van der Waals surface area contributed by atoms with Gasteiger partial charge in [-0.05, 0) is 13.0 Å². The molecule has 0 spiro atoms. The molecule has 0 radical (unpaired) electrons. The fourth-order valence-corrected chi connectivity index (χ4v) is 1.40. The van der Waals surface area contributed by atoms with Crippen LogP contribution in [-0.2, 0) is 10.4 Å². The van der Waals surface area contributed by atoms with E-state index >= 15 is 0 Å². The summed E-state index contributed by atoms with van der Waals surface area (Å²) in [5.41, 5.74) is -1.77. The fraction of sp³-hybridized carbons (Fsp3) is 0.364. The predicted octanol–water partition coefficient (Wildman–Crippen LogP) is 2.38. The number of para-hydroxylation sites is 1. The van der Waals surface area contributed by atoms with Crippen molar-refractivity contribution in [1.82, 2.24) is 0 Å². The van der Waals surface area contributed by atoms with Crippen LogP contribution in [0.25, 0.3) is 0 Å². The Balaban J connectivity index is 3.11. The van der Waals surface area contributed by atoms with E-state index in [1.165, 1.54) is 25.1 Å². The van der Waals surface area contributed by atoms with E-state index in [2.05, 4.69) is 4.74 Å². The van der Waals surface area contributed by atoms with Crippen molar-refractivity contribution in [3.63, 3.8) is 0 Å². The number of benzene rings is 1. The van der Waals surface area contributed by atoms with Crippen LogP contribution in [0, 0.1) is 0 Å². The summed E-state index contributed by atoms with van der Waals surface area (Å²) in [6, 6.07) is 5.17. The SMILES string of the molecule is CC(O)(CC=O)c1ccccc1OC(F)(F)F. The lowest BCUT2D eigenvalue weighted by molar-refractivity contribution is -0.275. The molecule has 0 saturated heterocycles. The number of aldehydes is 1. The van der Waals surface area contributed by atoms with Crippen molar-refractivity contribution in [1.29, 1.82) is 0 Å². The molecule has 0 saturated carbocycles. The maximum Gasteiger partial charge on any atom is 0.573 e. The summed E-state index contributed by atoms with van der Waals surface area (Å²) in [5.74, 6) is -0.508. The minimum Gasteiger partial charge on any atom is -0.405 e. The Labute approximate surface area is 95.8 Å². The molecule has 0 bridgehead atoms. The number of ether oxygens (including phenoxy) is 1. The highest BCUT2D eigenvalue weighted by Gasteiger charge is 2.35. The van der Waals surface area contributed by atoms with Gasteiger partial charge in [-0.1, -0.05) is 18.2 Å². The molecule has 1 aromatic carbocycles. The van der Waals surface area contributed by atoms with E-state index in [0.29, 0.717) is 6.29 Å². The van der Waals surface area contributed by atoms with Gasteiger partial charge in [0.05, 0.1) is 5.60 Å². The smallest absolute Gasteiger partial charge is 0.405 e. The third-order valence-electron chi connectivity index (χ3n) is 2.17. The van der Waals surface area contributed by atoms with Gasteiger partial charge in [0.25, 0.3) is 0 Å². The highest BCUT2D eigenvalue weighted by atomic mass is 19.4. The molecule has 1 atom stereocenters. The van der Waals surface area contributed by atoms with Gasteiger partial charge in [-0.25, -0.2) is 0 Å². The zero-order chi connectivity index (χ0) is 13.1. The molecule has 94 valence electrons. The summed E-state index contributed by atoms with van der Waals surface area (Å²) in [6.07, 6.45) is -4.72. The Kier molecular flexibility index (Phi) is 3.77. The lowest BCUT2D eigenvalue weighted by Crippen LogP contribution is -2.25. The molecule has 0 fully saturated rings. The Morgan fingerprint density at radius 1 is 1.35 bits per heavy atom. The van der Waals surface area contributed by atoms with Crippen LogP contribution >= 0.6 is 0 Å². The normalized spacial score (nSPS) is 15.1. The van der Waals surface area contributed by atoms with Crippen LogP contribution in [0.2, 0.25) is 0 Å². The molecule has 0 amide bonds. The Bertz CT molecular complexity index is 399. The van der Waals surface area contributed by atoms with Crippen LogP contribution < -0.4 is 4.74 Å². The summed E-state index contributed by atoms with van der Waals surface area (Å²) in [6.45, 7) is 1.25. The van der Waals surface area contributed by atoms with E-state index in [1.807, 2.05) is 0 Å². The van der Waals surface area contributed by atoms with Gasteiger partial charge in [0.2, 0.25) is 0 Å². The van der Waals surface area contributed by atoms with E-state index in [9.17, 15) is 23.1 Å². The first-order valence-corrected chi connectivity index (χ1v) is 4.77. The van der Waals surface area contributed by atoms with Gasteiger partial charge in [0.1, 0.15) is 12.0 Å². The summed E-state index contributed by atoms with van der Waals surface area (Å²) in [4.78, 5) is 10.4. The molecule has 0 aromatic heterocycles. The molecule has 0 heterocycles. The number of hydrogen-bond donors (Lipinski definition) is 1. The molecule has 17 heavy (non-hydrogen) atoms. The second-order valence-electron chi connectivity index (χ2n) is 3.69. The predicted molar refractivity (Wildman–Crippen MR) is 53.4 cm³/mol. The number of hydrogen-bond acceptors (Lipinski definition) is 3. The monoisotopic (exact) mass is 248 g/mol. The largest absolute Gasteiger partial charge is 0.573 e. The summed E-state index contributed by atoms with van der Waals surface area (Å²) in [5, 5.41) is 9.88. The zero-order valence-electron chi connectivity index (χ0n) is 8.99. The van der Waals surface area contributed by atoms with Crippen LogP contribution in [0.1, 0.15) is 18.9 Å². The van der Waals surface area contributed by atoms with Gasteiger partial charge >= 0.3 is 6.36 Å². The standard InChI is InChI=1S/C11H11F3O3/c1-10(16,6-7-15)8-4-2-3-5-9(8)17-11(12,13)14/h2-5,7,16H,6H2,1H3. The number of alkyl halides is 3. The van der Waals surface area contributed by atoms with E-state index in [4.69, 9.17) is 0 Å². The van der Waals surface area contributed by atoms with Gasteiger partial charge in [-0.3, -0.25) is 0 Å². The molecule has 1 aromatic rings. The third-order valence-corrected chi connectivity index (χ3v) is 2.17. The molecule has 3 nitrogen and oxygen atoms in total. The lowest BCUT2D eigenvalue weighted by atomic mass is 9.92. The van der Waals surface area contributed by atoms with Crippen LogP contribution in [-0.4, -0.2) is 17.8 Å². The summed E-state index contributed by atoms with van der Waals surface area (Å²) < 4.78 is 40.2. The first-order chi connectivity index (χ1) is 7.76. The molecule has 0 aliphatic rings. The molecule has 0 aliphatic heterocycles. The molecular formula is C11H11F3O3. The average Bonchev–Trinajstić information content (AvgIpc) is 2.15. The lowest BCUT2D eigenvalue weighted by Gasteiger charge is -2.24. The van der Waals surface area contributed by atoms with Crippen molar-refractivity contribution in [2.24, 2.45) is 0 Å². The molecule has 0 aliphatic carbocycles. The second-order valence-corrected chi connectivity index (χ2v) is 3.69. The Morgan fingerprint density at radius 2 is 1.94 bits per heavy atom. The fourth-order valence-electron chi connectivity index (χ4n) is 1.40. The molecule has 1 unspecified atom stereocenters. The summed E-state index contributed by atoms with van der Waals surface area (Å²) in [7, 11) is 0. The van der Waals surface area contributed by atoms with Gasteiger partial charge in [0.15, 0.2) is 0 Å². The van der Waals surface area contributed by atoms with Gasteiger partial charge in [-0.2, -0.15) is 0 Å². The highest BCUT2D eigenvalue weighted by molar-refractivity contribution is 5.53. The van der Waals surface area contributed by atoms with Crippen LogP contribution in [0.5, 0.6) is 5.75 Å². The van der Waals surface area contributed by atoms with Crippen molar-refractivity contribution < 1.29 is 27.8 Å². The molecule has 1 N–H and O–H groups in total. The van der Waals surface area contributed by atoms with Crippen molar-refractivity contribution in [3.8, 4) is 5.75 Å².